The Kier molecular flexibility index (Phi) is 6.12. The van der Waals surface area contributed by atoms with E-state index in [-0.39, 0.29) is 12.5 Å². The largest absolute Gasteiger partial charge is 0.486 e. The van der Waals surface area contributed by atoms with Crippen LogP contribution in [-0.4, -0.2) is 40.6 Å². The molecule has 0 fully saturated rings. The zero-order valence-electron chi connectivity index (χ0n) is 13.7. The van der Waals surface area contributed by atoms with Crippen molar-refractivity contribution in [2.75, 3.05) is 19.7 Å². The number of hydrogen-bond donors (Lipinski definition) is 1. The van der Waals surface area contributed by atoms with E-state index in [0.29, 0.717) is 30.3 Å². The molecule has 23 heavy (non-hydrogen) atoms. The molecule has 5 nitrogen and oxygen atoms in total. The van der Waals surface area contributed by atoms with Crippen molar-refractivity contribution in [3.8, 4) is 5.75 Å². The summed E-state index contributed by atoms with van der Waals surface area (Å²) in [5, 5.41) is 9.81. The number of carbonyl (C=O) groups is 1. The number of carbonyl (C=O) groups excluding carboxylic acids is 1. The molecule has 1 aromatic heterocycles. The molecule has 0 aliphatic carbocycles. The number of benzene rings is 1. The molecule has 2 aromatic rings. The third kappa shape index (κ3) is 4.53. The molecule has 0 bridgehead atoms. The number of aromatic nitrogens is 1. The van der Waals surface area contributed by atoms with Gasteiger partial charge in [0.2, 0.25) is 0 Å². The van der Waals surface area contributed by atoms with E-state index >= 15 is 0 Å². The molecular formula is C17H22N2O3S. The maximum Gasteiger partial charge on any atom is 0.265 e. The minimum Gasteiger partial charge on any atom is -0.486 e. The third-order valence-corrected chi connectivity index (χ3v) is 4.58. The van der Waals surface area contributed by atoms with Gasteiger partial charge in [-0.2, -0.15) is 0 Å². The van der Waals surface area contributed by atoms with Gasteiger partial charge in [-0.3, -0.25) is 4.79 Å². The Hall–Kier alpha value is -1.92. The number of nitrogens with zero attached hydrogens (tertiary/aromatic N) is 2. The van der Waals surface area contributed by atoms with Gasteiger partial charge in [-0.1, -0.05) is 17.7 Å². The highest BCUT2D eigenvalue weighted by Gasteiger charge is 2.20. The second-order valence-corrected chi connectivity index (χ2v) is 6.32. The predicted molar refractivity (Wildman–Crippen MR) is 91.0 cm³/mol. The highest BCUT2D eigenvalue weighted by Crippen LogP contribution is 2.22. The quantitative estimate of drug-likeness (QED) is 0.846. The standard InChI is InChI=1S/C17H22N2O3S/c1-4-19(9-10-20)17(21)16-13(3)18-15(23-16)11-22-14-7-5-12(2)6-8-14/h5-8,20H,4,9-11H2,1-3H3. The van der Waals surface area contributed by atoms with Crippen LogP contribution in [0, 0.1) is 13.8 Å². The molecule has 0 aliphatic rings. The maximum absolute atomic E-state index is 12.5. The maximum atomic E-state index is 12.5. The van der Waals surface area contributed by atoms with E-state index < -0.39 is 0 Å². The summed E-state index contributed by atoms with van der Waals surface area (Å²) in [5.74, 6) is 0.699. The van der Waals surface area contributed by atoms with Crippen molar-refractivity contribution < 1.29 is 14.6 Å². The summed E-state index contributed by atoms with van der Waals surface area (Å²) in [4.78, 5) is 19.1. The van der Waals surface area contributed by atoms with E-state index in [2.05, 4.69) is 4.98 Å². The Morgan fingerprint density at radius 3 is 2.61 bits per heavy atom. The van der Waals surface area contributed by atoms with Gasteiger partial charge in [0, 0.05) is 13.1 Å². The number of aliphatic hydroxyl groups excluding tert-OH is 1. The van der Waals surface area contributed by atoms with Gasteiger partial charge >= 0.3 is 0 Å². The van der Waals surface area contributed by atoms with Crippen LogP contribution in [0.4, 0.5) is 0 Å². The number of aryl methyl sites for hydroxylation is 2. The molecule has 0 spiro atoms. The lowest BCUT2D eigenvalue weighted by Gasteiger charge is -2.18. The summed E-state index contributed by atoms with van der Waals surface area (Å²) in [5.41, 5.74) is 1.89. The highest BCUT2D eigenvalue weighted by molar-refractivity contribution is 7.13. The fraction of sp³-hybridized carbons (Fsp3) is 0.412. The van der Waals surface area contributed by atoms with Gasteiger partial charge in [-0.25, -0.2) is 4.98 Å². The van der Waals surface area contributed by atoms with Crippen LogP contribution in [0.25, 0.3) is 0 Å². The third-order valence-electron chi connectivity index (χ3n) is 3.46. The second kappa shape index (κ2) is 8.08. The lowest BCUT2D eigenvalue weighted by molar-refractivity contribution is 0.0736. The lowest BCUT2D eigenvalue weighted by atomic mass is 10.2. The molecule has 124 valence electrons. The predicted octanol–water partition coefficient (Wildman–Crippen LogP) is 2.79. The Labute approximate surface area is 140 Å². The average Bonchev–Trinajstić information content (AvgIpc) is 2.92. The van der Waals surface area contributed by atoms with Gasteiger partial charge in [-0.05, 0) is 32.9 Å². The molecular weight excluding hydrogens is 312 g/mol. The minimum absolute atomic E-state index is 0.0408. The molecule has 1 heterocycles. The topological polar surface area (TPSA) is 62.7 Å². The van der Waals surface area contributed by atoms with Crippen molar-refractivity contribution in [1.29, 1.82) is 0 Å². The first-order valence-corrected chi connectivity index (χ1v) is 8.42. The van der Waals surface area contributed by atoms with Crippen molar-refractivity contribution in [3.05, 3.63) is 45.4 Å². The summed E-state index contributed by atoms with van der Waals surface area (Å²) in [7, 11) is 0. The normalized spacial score (nSPS) is 10.6. The Balaban J connectivity index is 2.05. The minimum atomic E-state index is -0.0851. The summed E-state index contributed by atoms with van der Waals surface area (Å²) >= 11 is 1.35. The number of likely N-dealkylation sites (N-methyl/N-ethyl adjacent to an activating group) is 1. The van der Waals surface area contributed by atoms with Crippen LogP contribution in [0.3, 0.4) is 0 Å². The first kappa shape index (κ1) is 17.4. The monoisotopic (exact) mass is 334 g/mol. The molecule has 6 heteroatoms. The number of ether oxygens (including phenoxy) is 1. The van der Waals surface area contributed by atoms with Crippen molar-refractivity contribution in [2.24, 2.45) is 0 Å². The number of thiazole rings is 1. The van der Waals surface area contributed by atoms with Gasteiger partial charge in [0.05, 0.1) is 12.3 Å². The van der Waals surface area contributed by atoms with E-state index in [1.54, 1.807) is 4.90 Å². The summed E-state index contributed by atoms with van der Waals surface area (Å²) < 4.78 is 5.71. The summed E-state index contributed by atoms with van der Waals surface area (Å²) in [6.45, 7) is 6.94. The number of aliphatic hydroxyl groups is 1. The SMILES string of the molecule is CCN(CCO)C(=O)c1sc(COc2ccc(C)cc2)nc1C. The lowest BCUT2D eigenvalue weighted by Crippen LogP contribution is -2.33. The summed E-state index contributed by atoms with van der Waals surface area (Å²) in [6, 6.07) is 7.82. The van der Waals surface area contributed by atoms with Crippen LogP contribution < -0.4 is 4.74 Å². The van der Waals surface area contributed by atoms with E-state index in [0.717, 1.165) is 10.8 Å². The van der Waals surface area contributed by atoms with Gasteiger partial charge in [0.15, 0.2) is 0 Å². The molecule has 0 unspecified atom stereocenters. The Morgan fingerprint density at radius 2 is 2.00 bits per heavy atom. The van der Waals surface area contributed by atoms with Gasteiger partial charge in [0.25, 0.3) is 5.91 Å². The molecule has 0 atom stereocenters. The van der Waals surface area contributed by atoms with Crippen LogP contribution in [0.15, 0.2) is 24.3 Å². The molecule has 0 saturated heterocycles. The molecule has 1 amide bonds. The molecule has 1 aromatic carbocycles. The van der Waals surface area contributed by atoms with E-state index in [1.807, 2.05) is 45.0 Å². The van der Waals surface area contributed by atoms with E-state index in [1.165, 1.54) is 16.9 Å². The van der Waals surface area contributed by atoms with Crippen LogP contribution >= 0.6 is 11.3 Å². The van der Waals surface area contributed by atoms with Gasteiger partial charge < -0.3 is 14.7 Å². The second-order valence-electron chi connectivity index (χ2n) is 5.23. The molecule has 2 rings (SSSR count). The first-order valence-electron chi connectivity index (χ1n) is 7.61. The van der Waals surface area contributed by atoms with Crippen LogP contribution in [0.5, 0.6) is 5.75 Å². The summed E-state index contributed by atoms with van der Waals surface area (Å²) in [6.07, 6.45) is 0. The van der Waals surface area contributed by atoms with Crippen LogP contribution in [0.2, 0.25) is 0 Å². The number of amides is 1. The molecule has 0 radical (unpaired) electrons. The Bertz CT molecular complexity index is 652. The van der Waals surface area contributed by atoms with E-state index in [9.17, 15) is 4.79 Å². The van der Waals surface area contributed by atoms with Crippen LogP contribution in [0.1, 0.15) is 32.9 Å². The smallest absolute Gasteiger partial charge is 0.265 e. The molecule has 0 aliphatic heterocycles. The average molecular weight is 334 g/mol. The first-order chi connectivity index (χ1) is 11.0. The Morgan fingerprint density at radius 1 is 1.30 bits per heavy atom. The van der Waals surface area contributed by atoms with Crippen molar-refractivity contribution in [1.82, 2.24) is 9.88 Å². The zero-order chi connectivity index (χ0) is 16.8. The fourth-order valence-corrected chi connectivity index (χ4v) is 3.11. The highest BCUT2D eigenvalue weighted by atomic mass is 32.1. The fourth-order valence-electron chi connectivity index (χ4n) is 2.16. The van der Waals surface area contributed by atoms with E-state index in [4.69, 9.17) is 9.84 Å². The van der Waals surface area contributed by atoms with Gasteiger partial charge in [-0.15, -0.1) is 11.3 Å². The van der Waals surface area contributed by atoms with Crippen molar-refractivity contribution in [2.45, 2.75) is 27.4 Å². The number of rotatable bonds is 7. The van der Waals surface area contributed by atoms with Crippen molar-refractivity contribution in [3.63, 3.8) is 0 Å². The zero-order valence-corrected chi connectivity index (χ0v) is 14.5. The van der Waals surface area contributed by atoms with Gasteiger partial charge in [0.1, 0.15) is 22.2 Å². The van der Waals surface area contributed by atoms with Crippen molar-refractivity contribution >= 4 is 17.2 Å². The molecule has 1 N–H and O–H groups in total. The number of hydrogen-bond acceptors (Lipinski definition) is 5. The van der Waals surface area contributed by atoms with Crippen LogP contribution in [-0.2, 0) is 6.61 Å². The molecule has 0 saturated carbocycles.